The largest absolute Gasteiger partial charge is 0.339 e. The molecular formula is C23H24BrN5O2. The van der Waals surface area contributed by atoms with Crippen molar-refractivity contribution in [2.45, 2.75) is 39.2 Å². The molecule has 4 rings (SSSR count). The first-order valence-corrected chi connectivity index (χ1v) is 11.1. The molecule has 2 aromatic carbocycles. The molecule has 1 aromatic heterocycles. The maximum atomic E-state index is 13.1. The van der Waals surface area contributed by atoms with E-state index >= 15 is 0 Å². The number of benzene rings is 2. The van der Waals surface area contributed by atoms with Crippen LogP contribution < -0.4 is 5.32 Å². The molecule has 1 aliphatic carbocycles. The third-order valence-corrected chi connectivity index (χ3v) is 5.87. The van der Waals surface area contributed by atoms with E-state index in [2.05, 4.69) is 31.6 Å². The van der Waals surface area contributed by atoms with Gasteiger partial charge in [0.05, 0.1) is 11.4 Å². The fourth-order valence-corrected chi connectivity index (χ4v) is 3.82. The third kappa shape index (κ3) is 4.85. The van der Waals surface area contributed by atoms with E-state index in [0.29, 0.717) is 30.4 Å². The van der Waals surface area contributed by atoms with Crippen LogP contribution in [0.25, 0.3) is 5.69 Å². The molecule has 0 bridgehead atoms. The summed E-state index contributed by atoms with van der Waals surface area (Å²) in [5.74, 6) is 0.0382. The summed E-state index contributed by atoms with van der Waals surface area (Å²) >= 11 is 3.45. The van der Waals surface area contributed by atoms with E-state index in [1.165, 1.54) is 0 Å². The molecule has 160 valence electrons. The molecule has 2 amide bonds. The average molecular weight is 482 g/mol. The van der Waals surface area contributed by atoms with Crippen molar-refractivity contribution in [1.82, 2.24) is 19.9 Å². The monoisotopic (exact) mass is 481 g/mol. The van der Waals surface area contributed by atoms with Gasteiger partial charge in [-0.1, -0.05) is 33.3 Å². The highest BCUT2D eigenvalue weighted by Crippen LogP contribution is 2.42. The van der Waals surface area contributed by atoms with Gasteiger partial charge in [-0.15, -0.1) is 5.10 Å². The van der Waals surface area contributed by atoms with Gasteiger partial charge >= 0.3 is 0 Å². The molecule has 0 saturated heterocycles. The minimum Gasteiger partial charge on any atom is -0.339 e. The molecule has 7 nitrogen and oxygen atoms in total. The molecule has 1 saturated carbocycles. The van der Waals surface area contributed by atoms with Crippen LogP contribution in [0.3, 0.4) is 0 Å². The van der Waals surface area contributed by atoms with Crippen molar-refractivity contribution in [2.75, 3.05) is 11.9 Å². The highest BCUT2D eigenvalue weighted by Gasteiger charge is 2.34. The van der Waals surface area contributed by atoms with Crippen molar-refractivity contribution in [1.29, 1.82) is 0 Å². The van der Waals surface area contributed by atoms with Crippen molar-refractivity contribution in [2.24, 2.45) is 0 Å². The minimum absolute atomic E-state index is 0.0237. The Morgan fingerprint density at radius 3 is 2.58 bits per heavy atom. The molecule has 1 N–H and O–H groups in total. The minimum atomic E-state index is -0.277. The van der Waals surface area contributed by atoms with Gasteiger partial charge in [0.25, 0.3) is 5.91 Å². The summed E-state index contributed by atoms with van der Waals surface area (Å²) in [6.07, 6.45) is 2.05. The number of carbonyl (C=O) groups is 2. The van der Waals surface area contributed by atoms with E-state index < -0.39 is 0 Å². The first-order valence-electron chi connectivity index (χ1n) is 10.3. The number of rotatable bonds is 7. The van der Waals surface area contributed by atoms with Crippen LogP contribution in [0.4, 0.5) is 5.69 Å². The lowest BCUT2D eigenvalue weighted by Gasteiger charge is -2.19. The summed E-state index contributed by atoms with van der Waals surface area (Å²) < 4.78 is 2.75. The van der Waals surface area contributed by atoms with E-state index in [-0.39, 0.29) is 11.8 Å². The summed E-state index contributed by atoms with van der Waals surface area (Å²) in [6, 6.07) is 15.3. The van der Waals surface area contributed by atoms with Crippen LogP contribution in [0, 0.1) is 0 Å². The Kier molecular flexibility index (Phi) is 6.18. The Morgan fingerprint density at radius 1 is 1.19 bits per heavy atom. The Labute approximate surface area is 189 Å². The highest BCUT2D eigenvalue weighted by atomic mass is 79.9. The van der Waals surface area contributed by atoms with Gasteiger partial charge < -0.3 is 10.2 Å². The van der Waals surface area contributed by atoms with Crippen LogP contribution in [-0.4, -0.2) is 38.3 Å². The molecule has 1 fully saturated rings. The highest BCUT2D eigenvalue weighted by molar-refractivity contribution is 9.10. The predicted octanol–water partition coefficient (Wildman–Crippen LogP) is 4.53. The Hall–Kier alpha value is -3.00. The van der Waals surface area contributed by atoms with Gasteiger partial charge in [-0.25, -0.2) is 4.68 Å². The lowest BCUT2D eigenvalue weighted by molar-refractivity contribution is -0.129. The molecule has 3 aromatic rings. The first kappa shape index (κ1) is 21.2. The van der Waals surface area contributed by atoms with Crippen molar-refractivity contribution in [3.05, 3.63) is 70.0 Å². The molecular weight excluding hydrogens is 458 g/mol. The second kappa shape index (κ2) is 9.01. The zero-order chi connectivity index (χ0) is 22.0. The molecule has 1 heterocycles. The molecule has 8 heteroatoms. The Morgan fingerprint density at radius 2 is 1.94 bits per heavy atom. The first-order chi connectivity index (χ1) is 15.0. The molecule has 1 aliphatic rings. The third-order valence-electron chi connectivity index (χ3n) is 5.34. The smallest absolute Gasteiger partial charge is 0.278 e. The number of amides is 2. The van der Waals surface area contributed by atoms with Gasteiger partial charge in [-0.3, -0.25) is 9.59 Å². The topological polar surface area (TPSA) is 80.1 Å². The van der Waals surface area contributed by atoms with Crippen molar-refractivity contribution >= 4 is 33.4 Å². The zero-order valence-corrected chi connectivity index (χ0v) is 19.1. The molecule has 0 spiro atoms. The van der Waals surface area contributed by atoms with Crippen molar-refractivity contribution in [3.63, 3.8) is 0 Å². The van der Waals surface area contributed by atoms with Crippen LogP contribution in [0.1, 0.15) is 54.4 Å². The van der Waals surface area contributed by atoms with E-state index in [0.717, 1.165) is 34.3 Å². The molecule has 31 heavy (non-hydrogen) atoms. The number of anilines is 1. The van der Waals surface area contributed by atoms with E-state index in [1.807, 2.05) is 55.5 Å². The number of nitrogens with zero attached hydrogens (tertiary/aromatic N) is 4. The maximum absolute atomic E-state index is 13.1. The fourth-order valence-electron chi connectivity index (χ4n) is 3.55. The van der Waals surface area contributed by atoms with Crippen LogP contribution in [0.15, 0.2) is 53.0 Å². The van der Waals surface area contributed by atoms with Crippen molar-refractivity contribution in [3.8, 4) is 5.69 Å². The quantitative estimate of drug-likeness (QED) is 0.537. The number of aromatic nitrogens is 3. The molecule has 0 aliphatic heterocycles. The predicted molar refractivity (Wildman–Crippen MR) is 122 cm³/mol. The second-order valence-corrected chi connectivity index (χ2v) is 8.59. The summed E-state index contributed by atoms with van der Waals surface area (Å²) in [5.41, 5.74) is 3.71. The Bertz CT molecular complexity index is 1110. The lowest BCUT2D eigenvalue weighted by Crippen LogP contribution is -2.27. The second-order valence-electron chi connectivity index (χ2n) is 7.67. The number of nitrogens with one attached hydrogen (secondary N) is 1. The maximum Gasteiger partial charge on any atom is 0.278 e. The fraction of sp³-hybridized carbons (Fsp3) is 0.304. The average Bonchev–Trinajstić information content (AvgIpc) is 3.50. The zero-order valence-electron chi connectivity index (χ0n) is 17.5. The van der Waals surface area contributed by atoms with Gasteiger partial charge in [-0.2, -0.15) is 0 Å². The SMILES string of the molecule is CCN(Cc1cccc(NC(=O)c2nnn(-c3ccc(Br)cc3)c2C2CC2)c1)C(C)=O. The molecule has 0 unspecified atom stereocenters. The normalized spacial score (nSPS) is 13.1. The van der Waals surface area contributed by atoms with E-state index in [4.69, 9.17) is 0 Å². The number of hydrogen-bond acceptors (Lipinski definition) is 4. The summed E-state index contributed by atoms with van der Waals surface area (Å²) in [4.78, 5) is 26.5. The van der Waals surface area contributed by atoms with E-state index in [9.17, 15) is 9.59 Å². The van der Waals surface area contributed by atoms with Gasteiger partial charge in [0, 0.05) is 36.1 Å². The van der Waals surface area contributed by atoms with Crippen LogP contribution in [0.2, 0.25) is 0 Å². The lowest BCUT2D eigenvalue weighted by atomic mass is 10.1. The van der Waals surface area contributed by atoms with Gasteiger partial charge in [0.2, 0.25) is 5.91 Å². The van der Waals surface area contributed by atoms with Crippen molar-refractivity contribution < 1.29 is 9.59 Å². The van der Waals surface area contributed by atoms with Gasteiger partial charge in [-0.05, 0) is 61.7 Å². The standard InChI is InChI=1S/C23H24BrN5O2/c1-3-28(15(2)30)14-16-5-4-6-19(13-16)25-23(31)21-22(17-7-8-17)29(27-26-21)20-11-9-18(24)10-12-20/h4-6,9-13,17H,3,7-8,14H2,1-2H3,(H,25,31). The number of carbonyl (C=O) groups excluding carboxylic acids is 2. The number of halogens is 1. The van der Waals surface area contributed by atoms with Crippen LogP contribution in [0.5, 0.6) is 0 Å². The molecule has 0 radical (unpaired) electrons. The van der Waals surface area contributed by atoms with Crippen LogP contribution in [-0.2, 0) is 11.3 Å². The summed E-state index contributed by atoms with van der Waals surface area (Å²) in [6.45, 7) is 4.64. The summed E-state index contributed by atoms with van der Waals surface area (Å²) in [5, 5.41) is 11.4. The number of hydrogen-bond donors (Lipinski definition) is 1. The van der Waals surface area contributed by atoms with Gasteiger partial charge in [0.1, 0.15) is 0 Å². The van der Waals surface area contributed by atoms with Crippen LogP contribution >= 0.6 is 15.9 Å². The molecule has 0 atom stereocenters. The summed E-state index contributed by atoms with van der Waals surface area (Å²) in [7, 11) is 0. The van der Waals surface area contributed by atoms with Gasteiger partial charge in [0.15, 0.2) is 5.69 Å². The van der Waals surface area contributed by atoms with E-state index in [1.54, 1.807) is 16.5 Å². The Balaban J connectivity index is 1.56.